The minimum absolute atomic E-state index is 0.0713. The lowest BCUT2D eigenvalue weighted by molar-refractivity contribution is -0.122. The standard InChI is InChI=1S/C14H17ClN2O3/c1-14(4-2-3-5-16-14)13(18)17-10-7-12-11(6-9(10)15)19-8-20-12/h6-7,16H,2-5,8H2,1H3,(H,17,18). The number of rotatable bonds is 2. The highest BCUT2D eigenvalue weighted by Crippen LogP contribution is 2.39. The first-order chi connectivity index (χ1) is 9.58. The Labute approximate surface area is 122 Å². The largest absolute Gasteiger partial charge is 0.454 e. The van der Waals surface area contributed by atoms with Gasteiger partial charge in [-0.1, -0.05) is 11.6 Å². The predicted molar refractivity (Wildman–Crippen MR) is 76.5 cm³/mol. The van der Waals surface area contributed by atoms with Gasteiger partial charge in [-0.2, -0.15) is 0 Å². The third-order valence-corrected chi connectivity index (χ3v) is 4.14. The van der Waals surface area contributed by atoms with Gasteiger partial charge in [-0.05, 0) is 32.7 Å². The summed E-state index contributed by atoms with van der Waals surface area (Å²) >= 11 is 6.17. The zero-order valence-corrected chi connectivity index (χ0v) is 12.0. The van der Waals surface area contributed by atoms with Gasteiger partial charge in [0.2, 0.25) is 12.7 Å². The molecule has 20 heavy (non-hydrogen) atoms. The van der Waals surface area contributed by atoms with Gasteiger partial charge in [-0.25, -0.2) is 0 Å². The van der Waals surface area contributed by atoms with Gasteiger partial charge in [-0.3, -0.25) is 4.79 Å². The van der Waals surface area contributed by atoms with Crippen molar-refractivity contribution in [3.63, 3.8) is 0 Å². The monoisotopic (exact) mass is 296 g/mol. The maximum atomic E-state index is 12.4. The van der Waals surface area contributed by atoms with Gasteiger partial charge in [0.1, 0.15) is 0 Å². The van der Waals surface area contributed by atoms with Crippen LogP contribution in [0.15, 0.2) is 12.1 Å². The number of nitrogens with one attached hydrogen (secondary N) is 2. The Kier molecular flexibility index (Phi) is 3.48. The number of ether oxygens (including phenoxy) is 2. The SMILES string of the molecule is CC1(C(=O)Nc2cc3c(cc2Cl)OCO3)CCCCN1. The molecule has 1 unspecified atom stereocenters. The summed E-state index contributed by atoms with van der Waals surface area (Å²) in [6.45, 7) is 2.96. The molecule has 1 amide bonds. The Morgan fingerprint density at radius 3 is 2.80 bits per heavy atom. The lowest BCUT2D eigenvalue weighted by Crippen LogP contribution is -2.54. The summed E-state index contributed by atoms with van der Waals surface area (Å²) < 4.78 is 10.5. The molecule has 6 heteroatoms. The van der Waals surface area contributed by atoms with E-state index in [1.807, 2.05) is 6.92 Å². The normalized spacial score (nSPS) is 24.5. The number of fused-ring (bicyclic) bond motifs is 1. The van der Waals surface area contributed by atoms with Crippen molar-refractivity contribution in [1.29, 1.82) is 0 Å². The van der Waals surface area contributed by atoms with Gasteiger partial charge >= 0.3 is 0 Å². The third kappa shape index (κ3) is 2.43. The van der Waals surface area contributed by atoms with Crippen molar-refractivity contribution < 1.29 is 14.3 Å². The maximum Gasteiger partial charge on any atom is 0.244 e. The van der Waals surface area contributed by atoms with Gasteiger partial charge in [0.25, 0.3) is 0 Å². The molecule has 3 rings (SSSR count). The third-order valence-electron chi connectivity index (χ3n) is 3.83. The van der Waals surface area contributed by atoms with Crippen LogP contribution in [0.2, 0.25) is 5.02 Å². The van der Waals surface area contributed by atoms with Crippen molar-refractivity contribution in [2.45, 2.75) is 31.7 Å². The van der Waals surface area contributed by atoms with Crippen molar-refractivity contribution in [1.82, 2.24) is 5.32 Å². The van der Waals surface area contributed by atoms with Crippen molar-refractivity contribution in [2.75, 3.05) is 18.7 Å². The van der Waals surface area contributed by atoms with Crippen LogP contribution in [0.1, 0.15) is 26.2 Å². The summed E-state index contributed by atoms with van der Waals surface area (Å²) in [7, 11) is 0. The Morgan fingerprint density at radius 1 is 1.35 bits per heavy atom. The Hall–Kier alpha value is -1.46. The van der Waals surface area contributed by atoms with Crippen LogP contribution in [0.3, 0.4) is 0 Å². The number of carbonyl (C=O) groups excluding carboxylic acids is 1. The average Bonchev–Trinajstić information content (AvgIpc) is 2.87. The van der Waals surface area contributed by atoms with Crippen LogP contribution in [0.25, 0.3) is 0 Å². The van der Waals surface area contributed by atoms with Crippen LogP contribution < -0.4 is 20.1 Å². The molecule has 0 bridgehead atoms. The predicted octanol–water partition coefficient (Wildman–Crippen LogP) is 2.54. The summed E-state index contributed by atoms with van der Waals surface area (Å²) in [5.74, 6) is 1.14. The number of amides is 1. The fourth-order valence-corrected chi connectivity index (χ4v) is 2.72. The molecule has 1 aromatic carbocycles. The molecule has 0 spiro atoms. The van der Waals surface area contributed by atoms with Gasteiger partial charge in [0.15, 0.2) is 11.5 Å². The zero-order chi connectivity index (χ0) is 14.2. The maximum absolute atomic E-state index is 12.4. The van der Waals surface area contributed by atoms with Crippen molar-refractivity contribution in [3.05, 3.63) is 17.2 Å². The first-order valence-corrected chi connectivity index (χ1v) is 7.12. The van der Waals surface area contributed by atoms with Crippen molar-refractivity contribution >= 4 is 23.2 Å². The van der Waals surface area contributed by atoms with Crippen LogP contribution in [0, 0.1) is 0 Å². The van der Waals surface area contributed by atoms with Gasteiger partial charge < -0.3 is 20.1 Å². The van der Waals surface area contributed by atoms with Crippen LogP contribution in [0.5, 0.6) is 11.5 Å². The van der Waals surface area contributed by atoms with Gasteiger partial charge in [-0.15, -0.1) is 0 Å². The Bertz CT molecular complexity index is 541. The van der Waals surface area contributed by atoms with Crippen molar-refractivity contribution in [2.24, 2.45) is 0 Å². The minimum atomic E-state index is -0.544. The zero-order valence-electron chi connectivity index (χ0n) is 11.3. The van der Waals surface area contributed by atoms with E-state index < -0.39 is 5.54 Å². The van der Waals surface area contributed by atoms with E-state index in [0.717, 1.165) is 25.8 Å². The van der Waals surface area contributed by atoms with E-state index in [0.29, 0.717) is 22.2 Å². The highest BCUT2D eigenvalue weighted by Gasteiger charge is 2.34. The van der Waals surface area contributed by atoms with Crippen LogP contribution >= 0.6 is 11.6 Å². The summed E-state index contributed by atoms with van der Waals surface area (Å²) in [5.41, 5.74) is 0.00678. The number of hydrogen-bond donors (Lipinski definition) is 2. The second-order valence-corrected chi connectivity index (χ2v) is 5.76. The first-order valence-electron chi connectivity index (χ1n) is 6.74. The molecule has 2 N–H and O–H groups in total. The molecule has 1 atom stereocenters. The summed E-state index contributed by atoms with van der Waals surface area (Å²) in [6.07, 6.45) is 2.97. The lowest BCUT2D eigenvalue weighted by atomic mass is 9.90. The fourth-order valence-electron chi connectivity index (χ4n) is 2.52. The van der Waals surface area contributed by atoms with E-state index in [9.17, 15) is 4.79 Å². The van der Waals surface area contributed by atoms with Gasteiger partial charge in [0, 0.05) is 12.1 Å². The molecular formula is C14H17ClN2O3. The molecule has 5 nitrogen and oxygen atoms in total. The van der Waals surface area contributed by atoms with E-state index in [-0.39, 0.29) is 12.7 Å². The number of benzene rings is 1. The van der Waals surface area contributed by atoms with E-state index in [4.69, 9.17) is 21.1 Å². The van der Waals surface area contributed by atoms with E-state index in [1.165, 1.54) is 0 Å². The van der Waals surface area contributed by atoms with E-state index in [1.54, 1.807) is 12.1 Å². The van der Waals surface area contributed by atoms with Crippen LogP contribution in [0.4, 0.5) is 5.69 Å². The Morgan fingerprint density at radius 2 is 2.10 bits per heavy atom. The molecule has 1 fully saturated rings. The molecule has 0 radical (unpaired) electrons. The topological polar surface area (TPSA) is 59.6 Å². The quantitative estimate of drug-likeness (QED) is 0.880. The number of halogens is 1. The second kappa shape index (κ2) is 5.14. The summed E-state index contributed by atoms with van der Waals surface area (Å²) in [4.78, 5) is 12.4. The highest BCUT2D eigenvalue weighted by molar-refractivity contribution is 6.34. The molecule has 0 saturated carbocycles. The molecular weight excluding hydrogens is 280 g/mol. The van der Waals surface area contributed by atoms with E-state index >= 15 is 0 Å². The molecule has 1 saturated heterocycles. The molecule has 2 heterocycles. The number of piperidine rings is 1. The van der Waals surface area contributed by atoms with Crippen LogP contribution in [-0.2, 0) is 4.79 Å². The number of hydrogen-bond acceptors (Lipinski definition) is 4. The summed E-state index contributed by atoms with van der Waals surface area (Å²) in [5, 5.41) is 6.60. The van der Waals surface area contributed by atoms with Crippen LogP contribution in [-0.4, -0.2) is 24.8 Å². The molecule has 0 aromatic heterocycles. The number of anilines is 1. The van der Waals surface area contributed by atoms with Crippen molar-refractivity contribution in [3.8, 4) is 11.5 Å². The molecule has 2 aliphatic rings. The second-order valence-electron chi connectivity index (χ2n) is 5.36. The fraction of sp³-hybridized carbons (Fsp3) is 0.500. The average molecular weight is 297 g/mol. The van der Waals surface area contributed by atoms with E-state index in [2.05, 4.69) is 10.6 Å². The Balaban J connectivity index is 1.79. The molecule has 1 aromatic rings. The van der Waals surface area contributed by atoms with Gasteiger partial charge in [0.05, 0.1) is 16.2 Å². The lowest BCUT2D eigenvalue weighted by Gasteiger charge is -2.33. The smallest absolute Gasteiger partial charge is 0.244 e. The first kappa shape index (κ1) is 13.5. The molecule has 108 valence electrons. The summed E-state index contributed by atoms with van der Waals surface area (Å²) in [6, 6.07) is 3.37. The molecule has 2 aliphatic heterocycles. The number of carbonyl (C=O) groups is 1. The molecule has 0 aliphatic carbocycles. The minimum Gasteiger partial charge on any atom is -0.454 e. The highest BCUT2D eigenvalue weighted by atomic mass is 35.5.